The lowest BCUT2D eigenvalue weighted by Crippen LogP contribution is -2.35. The van der Waals surface area contributed by atoms with Crippen molar-refractivity contribution >= 4 is 18.0 Å². The average molecular weight is 385 g/mol. The SMILES string of the molecule is COc1cc(/C=N/NC(=O)CNC(=O)c2ccc3c(c2)OCCO3)ccc1O. The highest BCUT2D eigenvalue weighted by Gasteiger charge is 2.15. The molecule has 0 radical (unpaired) electrons. The molecular weight excluding hydrogens is 366 g/mol. The van der Waals surface area contributed by atoms with Crippen LogP contribution in [0, 0.1) is 0 Å². The number of hydrogen-bond donors (Lipinski definition) is 3. The minimum absolute atomic E-state index is 0.00513. The molecule has 28 heavy (non-hydrogen) atoms. The Hall–Kier alpha value is -3.75. The molecule has 2 aromatic rings. The van der Waals surface area contributed by atoms with Gasteiger partial charge >= 0.3 is 0 Å². The van der Waals surface area contributed by atoms with Crippen LogP contribution in [-0.2, 0) is 4.79 Å². The zero-order valence-electron chi connectivity index (χ0n) is 15.1. The summed E-state index contributed by atoms with van der Waals surface area (Å²) in [5.74, 6) is 0.470. The fourth-order valence-electron chi connectivity index (χ4n) is 2.44. The second kappa shape index (κ2) is 8.76. The third-order valence-corrected chi connectivity index (χ3v) is 3.82. The Morgan fingerprint density at radius 2 is 1.96 bits per heavy atom. The van der Waals surface area contributed by atoms with Crippen molar-refractivity contribution in [1.82, 2.24) is 10.7 Å². The van der Waals surface area contributed by atoms with Gasteiger partial charge in [0.15, 0.2) is 23.0 Å². The molecule has 0 atom stereocenters. The highest BCUT2D eigenvalue weighted by molar-refractivity contribution is 5.97. The lowest BCUT2D eigenvalue weighted by atomic mass is 10.2. The van der Waals surface area contributed by atoms with E-state index in [4.69, 9.17) is 14.2 Å². The second-order valence-corrected chi connectivity index (χ2v) is 5.77. The minimum Gasteiger partial charge on any atom is -0.504 e. The quantitative estimate of drug-likeness (QED) is 0.505. The van der Waals surface area contributed by atoms with Crippen molar-refractivity contribution in [1.29, 1.82) is 0 Å². The van der Waals surface area contributed by atoms with Crippen LogP contribution >= 0.6 is 0 Å². The van der Waals surface area contributed by atoms with Crippen molar-refractivity contribution in [3.63, 3.8) is 0 Å². The van der Waals surface area contributed by atoms with Crippen LogP contribution in [0.3, 0.4) is 0 Å². The van der Waals surface area contributed by atoms with Gasteiger partial charge in [0, 0.05) is 5.56 Å². The molecule has 0 saturated carbocycles. The van der Waals surface area contributed by atoms with Crippen LogP contribution < -0.4 is 25.0 Å². The molecule has 9 nitrogen and oxygen atoms in total. The number of methoxy groups -OCH3 is 1. The second-order valence-electron chi connectivity index (χ2n) is 5.77. The molecule has 1 aliphatic rings. The first-order valence-electron chi connectivity index (χ1n) is 8.43. The lowest BCUT2D eigenvalue weighted by Gasteiger charge is -2.18. The summed E-state index contributed by atoms with van der Waals surface area (Å²) in [4.78, 5) is 24.0. The number of rotatable bonds is 6. The summed E-state index contributed by atoms with van der Waals surface area (Å²) in [7, 11) is 1.43. The van der Waals surface area contributed by atoms with E-state index in [9.17, 15) is 14.7 Å². The Morgan fingerprint density at radius 3 is 2.75 bits per heavy atom. The maximum atomic E-state index is 12.2. The van der Waals surface area contributed by atoms with E-state index in [1.54, 1.807) is 30.3 Å². The molecule has 0 aliphatic carbocycles. The smallest absolute Gasteiger partial charge is 0.259 e. The largest absolute Gasteiger partial charge is 0.504 e. The standard InChI is InChI=1S/C19H19N3O6/c1-26-16-8-12(2-4-14(16)23)10-21-22-18(24)11-20-19(25)13-3-5-15-17(9-13)28-7-6-27-15/h2-5,8-10,23H,6-7,11H2,1H3,(H,20,25)(H,22,24)/b21-10+. The molecule has 146 valence electrons. The monoisotopic (exact) mass is 385 g/mol. The average Bonchev–Trinajstić information content (AvgIpc) is 2.72. The first kappa shape index (κ1) is 19.0. The summed E-state index contributed by atoms with van der Waals surface area (Å²) in [5.41, 5.74) is 3.29. The summed E-state index contributed by atoms with van der Waals surface area (Å²) in [6.07, 6.45) is 1.39. The van der Waals surface area contributed by atoms with E-state index < -0.39 is 11.8 Å². The third-order valence-electron chi connectivity index (χ3n) is 3.82. The van der Waals surface area contributed by atoms with Gasteiger partial charge < -0.3 is 24.6 Å². The molecule has 1 heterocycles. The van der Waals surface area contributed by atoms with Crippen LogP contribution in [0.2, 0.25) is 0 Å². The van der Waals surface area contributed by atoms with Gasteiger partial charge in [0.05, 0.1) is 19.9 Å². The number of carbonyl (C=O) groups excluding carboxylic acids is 2. The van der Waals surface area contributed by atoms with E-state index in [0.29, 0.717) is 41.6 Å². The molecule has 1 aliphatic heterocycles. The summed E-state index contributed by atoms with van der Waals surface area (Å²) in [6, 6.07) is 9.44. The Kier molecular flexibility index (Phi) is 5.95. The number of amides is 2. The summed E-state index contributed by atoms with van der Waals surface area (Å²) < 4.78 is 15.8. The first-order valence-corrected chi connectivity index (χ1v) is 8.43. The molecule has 3 rings (SSSR count). The number of nitrogens with one attached hydrogen (secondary N) is 2. The summed E-state index contributed by atoms with van der Waals surface area (Å²) in [6.45, 7) is 0.644. The Balaban J connectivity index is 1.49. The third kappa shape index (κ3) is 4.70. The topological polar surface area (TPSA) is 118 Å². The Bertz CT molecular complexity index is 913. The number of carbonyl (C=O) groups is 2. The van der Waals surface area contributed by atoms with Crippen molar-refractivity contribution in [2.24, 2.45) is 5.10 Å². The van der Waals surface area contributed by atoms with Crippen molar-refractivity contribution in [3.8, 4) is 23.0 Å². The van der Waals surface area contributed by atoms with Crippen molar-refractivity contribution in [2.45, 2.75) is 0 Å². The zero-order valence-corrected chi connectivity index (χ0v) is 15.1. The normalized spacial score (nSPS) is 12.5. The molecule has 0 unspecified atom stereocenters. The van der Waals surface area contributed by atoms with Crippen LogP contribution in [0.1, 0.15) is 15.9 Å². The number of phenolic OH excluding ortho intramolecular Hbond substituents is 1. The molecule has 0 aromatic heterocycles. The van der Waals surface area contributed by atoms with E-state index in [1.807, 2.05) is 0 Å². The van der Waals surface area contributed by atoms with Gasteiger partial charge in [0.1, 0.15) is 13.2 Å². The van der Waals surface area contributed by atoms with Crippen LogP contribution in [-0.4, -0.2) is 50.0 Å². The molecule has 0 bridgehead atoms. The number of hydrogen-bond acceptors (Lipinski definition) is 7. The van der Waals surface area contributed by atoms with E-state index in [2.05, 4.69) is 15.8 Å². The van der Waals surface area contributed by atoms with Crippen LogP contribution in [0.4, 0.5) is 0 Å². The zero-order chi connectivity index (χ0) is 19.9. The summed E-state index contributed by atoms with van der Waals surface area (Å²) >= 11 is 0. The summed E-state index contributed by atoms with van der Waals surface area (Å²) in [5, 5.41) is 15.8. The van der Waals surface area contributed by atoms with E-state index in [-0.39, 0.29) is 12.3 Å². The van der Waals surface area contributed by atoms with Gasteiger partial charge in [0.2, 0.25) is 0 Å². The van der Waals surface area contributed by atoms with Gasteiger partial charge in [-0.2, -0.15) is 5.10 Å². The van der Waals surface area contributed by atoms with Gasteiger partial charge in [0.25, 0.3) is 11.8 Å². The number of fused-ring (bicyclic) bond motifs is 1. The number of phenols is 1. The molecule has 2 amide bonds. The lowest BCUT2D eigenvalue weighted by molar-refractivity contribution is -0.120. The maximum absolute atomic E-state index is 12.2. The van der Waals surface area contributed by atoms with E-state index >= 15 is 0 Å². The number of benzene rings is 2. The van der Waals surface area contributed by atoms with E-state index in [1.165, 1.54) is 19.4 Å². The molecule has 9 heteroatoms. The van der Waals surface area contributed by atoms with Crippen LogP contribution in [0.5, 0.6) is 23.0 Å². The first-order chi connectivity index (χ1) is 13.6. The molecule has 3 N–H and O–H groups in total. The highest BCUT2D eigenvalue weighted by Crippen LogP contribution is 2.30. The molecule has 0 saturated heterocycles. The maximum Gasteiger partial charge on any atom is 0.259 e. The molecular formula is C19H19N3O6. The molecule has 0 fully saturated rings. The number of nitrogens with zero attached hydrogens (tertiary/aromatic N) is 1. The number of ether oxygens (including phenoxy) is 3. The van der Waals surface area contributed by atoms with Gasteiger partial charge in [-0.3, -0.25) is 9.59 Å². The Labute approximate surface area is 160 Å². The highest BCUT2D eigenvalue weighted by atomic mass is 16.6. The van der Waals surface area contributed by atoms with Crippen LogP contribution in [0.15, 0.2) is 41.5 Å². The minimum atomic E-state index is -0.493. The van der Waals surface area contributed by atoms with Crippen molar-refractivity contribution < 1.29 is 28.9 Å². The number of hydrazone groups is 1. The van der Waals surface area contributed by atoms with Gasteiger partial charge in [-0.1, -0.05) is 0 Å². The number of aromatic hydroxyl groups is 1. The Morgan fingerprint density at radius 1 is 1.18 bits per heavy atom. The fourth-order valence-corrected chi connectivity index (χ4v) is 2.44. The van der Waals surface area contributed by atoms with Crippen LogP contribution in [0.25, 0.3) is 0 Å². The van der Waals surface area contributed by atoms with Gasteiger partial charge in [-0.25, -0.2) is 5.43 Å². The van der Waals surface area contributed by atoms with Crippen molar-refractivity contribution in [3.05, 3.63) is 47.5 Å². The van der Waals surface area contributed by atoms with Crippen molar-refractivity contribution in [2.75, 3.05) is 26.9 Å². The van der Waals surface area contributed by atoms with Gasteiger partial charge in [-0.15, -0.1) is 0 Å². The van der Waals surface area contributed by atoms with E-state index in [0.717, 1.165) is 0 Å². The fraction of sp³-hybridized carbons (Fsp3) is 0.211. The predicted octanol–water partition coefficient (Wildman–Crippen LogP) is 1.05. The predicted molar refractivity (Wildman–Crippen MR) is 100 cm³/mol. The molecule has 0 spiro atoms. The molecule has 2 aromatic carbocycles. The van der Waals surface area contributed by atoms with Gasteiger partial charge in [-0.05, 0) is 42.0 Å².